The topological polar surface area (TPSA) is 58.2 Å². The smallest absolute Gasteiger partial charge is 0.315 e. The number of hydrogen-bond acceptors (Lipinski definition) is 2. The zero-order valence-electron chi connectivity index (χ0n) is 10.1. The lowest BCUT2D eigenvalue weighted by atomic mass is 9.96. The first-order chi connectivity index (χ1) is 7.59. The zero-order chi connectivity index (χ0) is 12.0. The third-order valence-corrected chi connectivity index (χ3v) is 4.36. The molecule has 1 rings (SSSR count). The molecule has 0 radical (unpaired) electrons. The molecule has 0 saturated heterocycles. The van der Waals surface area contributed by atoms with E-state index in [2.05, 4.69) is 10.6 Å². The Kier molecular flexibility index (Phi) is 5.80. The maximum Gasteiger partial charge on any atom is 0.315 e. The van der Waals surface area contributed by atoms with Crippen molar-refractivity contribution in [3.05, 3.63) is 0 Å². The summed E-state index contributed by atoms with van der Waals surface area (Å²) in [6.45, 7) is 2.35. The molecule has 2 N–H and O–H groups in total. The molecular weight excluding hydrogens is 224 g/mol. The average Bonchev–Trinajstić information content (AvgIpc) is 2.27. The number of hydrogen-bond donors (Lipinski definition) is 2. The van der Waals surface area contributed by atoms with E-state index in [4.69, 9.17) is 0 Å². The SMILES string of the molecule is CC(CNC(=O)NC1CCCCC1)S(C)=O. The second kappa shape index (κ2) is 6.89. The van der Waals surface area contributed by atoms with Crippen LogP contribution in [0.25, 0.3) is 0 Å². The molecular formula is C11H22N2O2S. The van der Waals surface area contributed by atoms with E-state index in [1.807, 2.05) is 6.92 Å². The summed E-state index contributed by atoms with van der Waals surface area (Å²) in [7, 11) is -0.876. The Morgan fingerprint density at radius 2 is 2.00 bits per heavy atom. The molecule has 5 heteroatoms. The monoisotopic (exact) mass is 246 g/mol. The van der Waals surface area contributed by atoms with Crippen LogP contribution in [0.1, 0.15) is 39.0 Å². The molecule has 4 nitrogen and oxygen atoms in total. The molecule has 0 aromatic carbocycles. The third-order valence-electron chi connectivity index (χ3n) is 3.06. The maximum absolute atomic E-state index is 11.5. The number of rotatable bonds is 4. The average molecular weight is 246 g/mol. The Labute approximate surface area is 100 Å². The molecule has 94 valence electrons. The summed E-state index contributed by atoms with van der Waals surface area (Å²) >= 11 is 0. The quantitative estimate of drug-likeness (QED) is 0.787. The van der Waals surface area contributed by atoms with Crippen molar-refractivity contribution in [2.75, 3.05) is 12.8 Å². The van der Waals surface area contributed by atoms with Gasteiger partial charge in [-0.3, -0.25) is 4.21 Å². The lowest BCUT2D eigenvalue weighted by Crippen LogP contribution is -2.45. The number of urea groups is 1. The highest BCUT2D eigenvalue weighted by atomic mass is 32.2. The Morgan fingerprint density at radius 1 is 1.38 bits per heavy atom. The van der Waals surface area contributed by atoms with Gasteiger partial charge in [0, 0.05) is 34.9 Å². The van der Waals surface area contributed by atoms with Crippen molar-refractivity contribution in [2.45, 2.75) is 50.3 Å². The summed E-state index contributed by atoms with van der Waals surface area (Å²) in [6, 6.07) is 0.209. The Balaban J connectivity index is 2.17. The lowest BCUT2D eigenvalue weighted by Gasteiger charge is -2.23. The molecule has 2 unspecified atom stereocenters. The van der Waals surface area contributed by atoms with Gasteiger partial charge in [-0.2, -0.15) is 0 Å². The predicted octanol–water partition coefficient (Wildman–Crippen LogP) is 1.39. The van der Waals surface area contributed by atoms with Gasteiger partial charge in [-0.1, -0.05) is 19.3 Å². The summed E-state index contributed by atoms with van der Waals surface area (Å²) in [6.07, 6.45) is 7.53. The molecule has 0 spiro atoms. The fourth-order valence-corrected chi connectivity index (χ4v) is 2.16. The van der Waals surface area contributed by atoms with E-state index in [1.165, 1.54) is 19.3 Å². The van der Waals surface area contributed by atoms with Gasteiger partial charge in [0.25, 0.3) is 0 Å². The molecule has 0 heterocycles. The number of carbonyl (C=O) groups is 1. The molecule has 0 bridgehead atoms. The van der Waals surface area contributed by atoms with Crippen molar-refractivity contribution >= 4 is 16.8 Å². The van der Waals surface area contributed by atoms with Gasteiger partial charge in [0.15, 0.2) is 0 Å². The first-order valence-electron chi connectivity index (χ1n) is 5.96. The normalized spacial score (nSPS) is 21.1. The van der Waals surface area contributed by atoms with Crippen molar-refractivity contribution in [3.8, 4) is 0 Å². The Bertz CT molecular complexity index is 252. The van der Waals surface area contributed by atoms with E-state index in [9.17, 15) is 9.00 Å². The largest absolute Gasteiger partial charge is 0.337 e. The van der Waals surface area contributed by atoms with Crippen LogP contribution < -0.4 is 10.6 Å². The third kappa shape index (κ3) is 4.96. The first kappa shape index (κ1) is 13.5. The summed E-state index contributed by atoms with van der Waals surface area (Å²) in [5, 5.41) is 5.74. The molecule has 16 heavy (non-hydrogen) atoms. The number of carbonyl (C=O) groups excluding carboxylic acids is 1. The fourth-order valence-electron chi connectivity index (χ4n) is 1.84. The molecule has 1 aliphatic rings. The molecule has 0 aliphatic heterocycles. The summed E-state index contributed by atoms with van der Waals surface area (Å²) in [4.78, 5) is 11.5. The van der Waals surface area contributed by atoms with Crippen LogP contribution in [0.4, 0.5) is 4.79 Å². The van der Waals surface area contributed by atoms with E-state index in [0.29, 0.717) is 12.6 Å². The van der Waals surface area contributed by atoms with Gasteiger partial charge in [-0.05, 0) is 19.8 Å². The highest BCUT2D eigenvalue weighted by molar-refractivity contribution is 7.84. The van der Waals surface area contributed by atoms with Crippen molar-refractivity contribution in [1.82, 2.24) is 10.6 Å². The van der Waals surface area contributed by atoms with Crippen LogP contribution in [-0.2, 0) is 10.8 Å². The van der Waals surface area contributed by atoms with Crippen LogP contribution in [-0.4, -0.2) is 34.3 Å². The van der Waals surface area contributed by atoms with Crippen LogP contribution in [0.5, 0.6) is 0 Å². The van der Waals surface area contributed by atoms with Crippen molar-refractivity contribution in [1.29, 1.82) is 0 Å². The second-order valence-corrected chi connectivity index (χ2v) is 6.30. The van der Waals surface area contributed by atoms with Gasteiger partial charge in [-0.15, -0.1) is 0 Å². The molecule has 2 atom stereocenters. The lowest BCUT2D eigenvalue weighted by molar-refractivity contribution is 0.233. The van der Waals surface area contributed by atoms with E-state index in [-0.39, 0.29) is 11.3 Å². The van der Waals surface area contributed by atoms with Gasteiger partial charge < -0.3 is 10.6 Å². The van der Waals surface area contributed by atoms with Gasteiger partial charge in [-0.25, -0.2) is 4.79 Å². The first-order valence-corrected chi connectivity index (χ1v) is 7.58. The fraction of sp³-hybridized carbons (Fsp3) is 0.909. The van der Waals surface area contributed by atoms with E-state index < -0.39 is 10.8 Å². The van der Waals surface area contributed by atoms with E-state index >= 15 is 0 Å². The van der Waals surface area contributed by atoms with Crippen LogP contribution in [0.15, 0.2) is 0 Å². The molecule has 0 aromatic heterocycles. The van der Waals surface area contributed by atoms with Gasteiger partial charge in [0.05, 0.1) is 0 Å². The van der Waals surface area contributed by atoms with Crippen molar-refractivity contribution in [2.24, 2.45) is 0 Å². The molecule has 1 saturated carbocycles. The van der Waals surface area contributed by atoms with Crippen LogP contribution >= 0.6 is 0 Å². The minimum Gasteiger partial charge on any atom is -0.337 e. The van der Waals surface area contributed by atoms with Gasteiger partial charge in [0.2, 0.25) is 0 Å². The van der Waals surface area contributed by atoms with Crippen LogP contribution in [0, 0.1) is 0 Å². The van der Waals surface area contributed by atoms with E-state index in [0.717, 1.165) is 12.8 Å². The van der Waals surface area contributed by atoms with Gasteiger partial charge in [0.1, 0.15) is 0 Å². The van der Waals surface area contributed by atoms with Crippen molar-refractivity contribution in [3.63, 3.8) is 0 Å². The van der Waals surface area contributed by atoms with Crippen LogP contribution in [0.3, 0.4) is 0 Å². The van der Waals surface area contributed by atoms with E-state index in [1.54, 1.807) is 6.26 Å². The second-order valence-electron chi connectivity index (χ2n) is 4.50. The number of nitrogens with one attached hydrogen (secondary N) is 2. The van der Waals surface area contributed by atoms with Gasteiger partial charge >= 0.3 is 6.03 Å². The molecule has 0 aromatic rings. The molecule has 1 aliphatic carbocycles. The Morgan fingerprint density at radius 3 is 2.56 bits per heavy atom. The predicted molar refractivity (Wildman–Crippen MR) is 66.9 cm³/mol. The highest BCUT2D eigenvalue weighted by Gasteiger charge is 2.16. The zero-order valence-corrected chi connectivity index (χ0v) is 10.9. The highest BCUT2D eigenvalue weighted by Crippen LogP contribution is 2.17. The summed E-state index contributed by atoms with van der Waals surface area (Å²) in [5.41, 5.74) is 0. The summed E-state index contributed by atoms with van der Waals surface area (Å²) < 4.78 is 11.1. The maximum atomic E-state index is 11.5. The minimum absolute atomic E-state index is 0.0112. The van der Waals surface area contributed by atoms with Crippen molar-refractivity contribution < 1.29 is 9.00 Å². The summed E-state index contributed by atoms with van der Waals surface area (Å²) in [5.74, 6) is 0. The standard InChI is InChI=1S/C11H22N2O2S/c1-9(16(2)15)8-12-11(14)13-10-6-4-3-5-7-10/h9-10H,3-8H2,1-2H3,(H2,12,13,14). The Hall–Kier alpha value is -0.580. The molecule has 2 amide bonds. The minimum atomic E-state index is -0.876. The number of amides is 2. The molecule has 1 fully saturated rings. The van der Waals surface area contributed by atoms with Crippen LogP contribution in [0.2, 0.25) is 0 Å².